The second-order valence-electron chi connectivity index (χ2n) is 5.32. The standard InChI is InChI=1S/C15H28N2/c1-4-6-7-8-14(3)16-15-9-12-17(11-5-2)13-10-15/h2,14-16H,4,6-13H2,1,3H3. The molecule has 1 aliphatic heterocycles. The average molecular weight is 236 g/mol. The first-order valence-electron chi connectivity index (χ1n) is 7.18. The van der Waals surface area contributed by atoms with Crippen molar-refractivity contribution in [3.05, 3.63) is 0 Å². The molecule has 0 aromatic rings. The number of likely N-dealkylation sites (tertiary alicyclic amines) is 1. The number of unbranched alkanes of at least 4 members (excludes halogenated alkanes) is 2. The third-order valence-electron chi connectivity index (χ3n) is 3.66. The molecule has 1 aliphatic rings. The van der Waals surface area contributed by atoms with Crippen molar-refractivity contribution in [1.29, 1.82) is 0 Å². The van der Waals surface area contributed by atoms with Crippen molar-refractivity contribution in [2.45, 2.75) is 64.5 Å². The third-order valence-corrected chi connectivity index (χ3v) is 3.66. The van der Waals surface area contributed by atoms with Gasteiger partial charge in [0.2, 0.25) is 0 Å². The van der Waals surface area contributed by atoms with Gasteiger partial charge in [-0.15, -0.1) is 6.42 Å². The molecule has 1 rings (SSSR count). The molecule has 1 atom stereocenters. The van der Waals surface area contributed by atoms with E-state index < -0.39 is 0 Å². The Morgan fingerprint density at radius 1 is 1.35 bits per heavy atom. The SMILES string of the molecule is C#CCN1CCC(NC(C)CCCCC)CC1. The van der Waals surface area contributed by atoms with Crippen molar-refractivity contribution in [1.82, 2.24) is 10.2 Å². The molecule has 0 aliphatic carbocycles. The Balaban J connectivity index is 2.10. The minimum Gasteiger partial charge on any atom is -0.311 e. The number of nitrogens with zero attached hydrogens (tertiary/aromatic N) is 1. The quantitative estimate of drug-likeness (QED) is 0.540. The average Bonchev–Trinajstić information content (AvgIpc) is 2.32. The molecule has 2 nitrogen and oxygen atoms in total. The summed E-state index contributed by atoms with van der Waals surface area (Å²) in [5, 5.41) is 3.76. The van der Waals surface area contributed by atoms with Crippen LogP contribution < -0.4 is 5.32 Å². The predicted octanol–water partition coefficient (Wildman–Crippen LogP) is 2.64. The molecule has 0 aromatic heterocycles. The normalized spacial score (nSPS) is 20.1. The largest absolute Gasteiger partial charge is 0.311 e. The lowest BCUT2D eigenvalue weighted by Gasteiger charge is -2.33. The van der Waals surface area contributed by atoms with Crippen molar-refractivity contribution in [2.75, 3.05) is 19.6 Å². The summed E-state index contributed by atoms with van der Waals surface area (Å²) >= 11 is 0. The van der Waals surface area contributed by atoms with E-state index in [0.29, 0.717) is 12.1 Å². The molecule has 0 aromatic carbocycles. The Bertz CT molecular complexity index is 224. The summed E-state index contributed by atoms with van der Waals surface area (Å²) in [7, 11) is 0. The van der Waals surface area contributed by atoms with E-state index in [1.807, 2.05) is 0 Å². The Hall–Kier alpha value is -0.520. The first-order valence-corrected chi connectivity index (χ1v) is 7.18. The maximum Gasteiger partial charge on any atom is 0.0598 e. The van der Waals surface area contributed by atoms with Crippen LogP contribution in [0.4, 0.5) is 0 Å². The fourth-order valence-electron chi connectivity index (χ4n) is 2.57. The smallest absolute Gasteiger partial charge is 0.0598 e. The summed E-state index contributed by atoms with van der Waals surface area (Å²) < 4.78 is 0. The van der Waals surface area contributed by atoms with Gasteiger partial charge in [0.15, 0.2) is 0 Å². The molecule has 0 amide bonds. The molecule has 0 bridgehead atoms. The summed E-state index contributed by atoms with van der Waals surface area (Å²) in [5.41, 5.74) is 0. The first kappa shape index (κ1) is 14.5. The van der Waals surface area contributed by atoms with Gasteiger partial charge < -0.3 is 5.32 Å². The fraction of sp³-hybridized carbons (Fsp3) is 0.867. The first-order chi connectivity index (χ1) is 8.26. The minimum absolute atomic E-state index is 0.672. The van der Waals surface area contributed by atoms with E-state index in [0.717, 1.165) is 19.6 Å². The Labute approximate surface area is 107 Å². The number of nitrogens with one attached hydrogen (secondary N) is 1. The van der Waals surface area contributed by atoms with E-state index in [1.165, 1.54) is 38.5 Å². The summed E-state index contributed by atoms with van der Waals surface area (Å²) in [5.74, 6) is 2.73. The zero-order valence-electron chi connectivity index (χ0n) is 11.5. The van der Waals surface area contributed by atoms with E-state index in [9.17, 15) is 0 Å². The molecule has 1 heterocycles. The molecule has 98 valence electrons. The van der Waals surface area contributed by atoms with Gasteiger partial charge in [-0.1, -0.05) is 32.1 Å². The van der Waals surface area contributed by atoms with E-state index in [2.05, 4.69) is 30.0 Å². The Morgan fingerprint density at radius 2 is 2.06 bits per heavy atom. The summed E-state index contributed by atoms with van der Waals surface area (Å²) in [6, 6.07) is 1.38. The molecule has 0 saturated carbocycles. The third kappa shape index (κ3) is 6.10. The maximum absolute atomic E-state index is 5.34. The van der Waals surface area contributed by atoms with Crippen LogP contribution in [0.25, 0.3) is 0 Å². The fourth-order valence-corrected chi connectivity index (χ4v) is 2.57. The number of terminal acetylenes is 1. The summed E-state index contributed by atoms with van der Waals surface area (Å²) in [4.78, 5) is 2.37. The van der Waals surface area contributed by atoms with Gasteiger partial charge in [0.05, 0.1) is 6.54 Å². The molecule has 1 N–H and O–H groups in total. The van der Waals surface area contributed by atoms with Crippen LogP contribution in [0.2, 0.25) is 0 Å². The predicted molar refractivity (Wildman–Crippen MR) is 75.0 cm³/mol. The molecular formula is C15H28N2. The molecule has 1 unspecified atom stereocenters. The van der Waals surface area contributed by atoms with Crippen molar-refractivity contribution in [3.8, 4) is 12.3 Å². The number of hydrogen-bond acceptors (Lipinski definition) is 2. The van der Waals surface area contributed by atoms with Crippen molar-refractivity contribution in [2.24, 2.45) is 0 Å². The zero-order valence-corrected chi connectivity index (χ0v) is 11.5. The van der Waals surface area contributed by atoms with Crippen molar-refractivity contribution in [3.63, 3.8) is 0 Å². The van der Waals surface area contributed by atoms with Gasteiger partial charge >= 0.3 is 0 Å². The van der Waals surface area contributed by atoms with E-state index in [-0.39, 0.29) is 0 Å². The van der Waals surface area contributed by atoms with Gasteiger partial charge in [0.25, 0.3) is 0 Å². The van der Waals surface area contributed by atoms with Crippen LogP contribution >= 0.6 is 0 Å². The van der Waals surface area contributed by atoms with Crippen molar-refractivity contribution < 1.29 is 0 Å². The number of piperidine rings is 1. The van der Waals surface area contributed by atoms with Crippen LogP contribution in [0.1, 0.15) is 52.4 Å². The van der Waals surface area contributed by atoms with E-state index in [1.54, 1.807) is 0 Å². The van der Waals surface area contributed by atoms with Crippen LogP contribution in [0.15, 0.2) is 0 Å². The van der Waals surface area contributed by atoms with Gasteiger partial charge in [-0.2, -0.15) is 0 Å². The van der Waals surface area contributed by atoms with Crippen LogP contribution in [-0.2, 0) is 0 Å². The molecule has 1 fully saturated rings. The van der Waals surface area contributed by atoms with E-state index >= 15 is 0 Å². The highest BCUT2D eigenvalue weighted by atomic mass is 15.1. The number of rotatable bonds is 7. The second kappa shape index (κ2) is 8.55. The lowest BCUT2D eigenvalue weighted by atomic mass is 10.0. The van der Waals surface area contributed by atoms with Gasteiger partial charge in [0, 0.05) is 25.2 Å². The molecule has 17 heavy (non-hydrogen) atoms. The van der Waals surface area contributed by atoms with Crippen LogP contribution in [-0.4, -0.2) is 36.6 Å². The van der Waals surface area contributed by atoms with Gasteiger partial charge in [-0.05, 0) is 26.2 Å². The van der Waals surface area contributed by atoms with Crippen LogP contribution in [0.3, 0.4) is 0 Å². The zero-order chi connectivity index (χ0) is 12.5. The lowest BCUT2D eigenvalue weighted by Crippen LogP contribution is -2.45. The Morgan fingerprint density at radius 3 is 2.65 bits per heavy atom. The number of hydrogen-bond donors (Lipinski definition) is 1. The second-order valence-corrected chi connectivity index (χ2v) is 5.32. The highest BCUT2D eigenvalue weighted by molar-refractivity contribution is 4.90. The summed E-state index contributed by atoms with van der Waals surface area (Å²) in [6.45, 7) is 7.72. The van der Waals surface area contributed by atoms with Gasteiger partial charge in [-0.25, -0.2) is 0 Å². The highest BCUT2D eigenvalue weighted by Crippen LogP contribution is 2.12. The van der Waals surface area contributed by atoms with Gasteiger partial charge in [-0.3, -0.25) is 4.90 Å². The van der Waals surface area contributed by atoms with Crippen LogP contribution in [0.5, 0.6) is 0 Å². The molecule has 1 saturated heterocycles. The van der Waals surface area contributed by atoms with Crippen LogP contribution in [0, 0.1) is 12.3 Å². The minimum atomic E-state index is 0.672. The molecule has 0 radical (unpaired) electrons. The molecule has 0 spiro atoms. The Kier molecular flexibility index (Phi) is 7.32. The van der Waals surface area contributed by atoms with Gasteiger partial charge in [0.1, 0.15) is 0 Å². The molecular weight excluding hydrogens is 208 g/mol. The maximum atomic E-state index is 5.34. The monoisotopic (exact) mass is 236 g/mol. The topological polar surface area (TPSA) is 15.3 Å². The molecule has 2 heteroatoms. The van der Waals surface area contributed by atoms with E-state index in [4.69, 9.17) is 6.42 Å². The summed E-state index contributed by atoms with van der Waals surface area (Å²) in [6.07, 6.45) is 13.2. The lowest BCUT2D eigenvalue weighted by molar-refractivity contribution is 0.209. The van der Waals surface area contributed by atoms with Crippen molar-refractivity contribution >= 4 is 0 Å². The highest BCUT2D eigenvalue weighted by Gasteiger charge is 2.19.